The van der Waals surface area contributed by atoms with E-state index in [2.05, 4.69) is 10.3 Å². The molecule has 6 heteroatoms. The Kier molecular flexibility index (Phi) is 5.30. The zero-order valence-electron chi connectivity index (χ0n) is 15.0. The molecule has 1 fully saturated rings. The fourth-order valence-electron chi connectivity index (χ4n) is 3.51. The molecule has 1 N–H and O–H groups in total. The van der Waals surface area contributed by atoms with E-state index in [0.717, 1.165) is 29.3 Å². The summed E-state index contributed by atoms with van der Waals surface area (Å²) in [5, 5.41) is 4.69. The molecule has 0 atom stereocenters. The predicted molar refractivity (Wildman–Crippen MR) is 106 cm³/mol. The maximum Gasteiger partial charge on any atom is 0.240 e. The molecule has 5 nitrogen and oxygen atoms in total. The van der Waals surface area contributed by atoms with Crippen LogP contribution in [0.1, 0.15) is 31.2 Å². The Balaban J connectivity index is 1.35. The van der Waals surface area contributed by atoms with E-state index in [9.17, 15) is 4.79 Å². The molecule has 2 aromatic heterocycles. The molecule has 1 aromatic carbocycles. The summed E-state index contributed by atoms with van der Waals surface area (Å²) in [6, 6.07) is 11.5. The topological polar surface area (TPSA) is 56.2 Å². The van der Waals surface area contributed by atoms with Crippen molar-refractivity contribution in [2.75, 3.05) is 0 Å². The highest BCUT2D eigenvalue weighted by molar-refractivity contribution is 6.31. The van der Waals surface area contributed by atoms with Crippen LogP contribution in [0.4, 0.5) is 0 Å². The molecule has 0 bridgehead atoms. The smallest absolute Gasteiger partial charge is 0.240 e. The molecular formula is C21H22ClN3O2. The van der Waals surface area contributed by atoms with Gasteiger partial charge in [0.25, 0.3) is 0 Å². The van der Waals surface area contributed by atoms with Crippen molar-refractivity contribution in [3.63, 3.8) is 0 Å². The van der Waals surface area contributed by atoms with Crippen molar-refractivity contribution in [1.82, 2.24) is 14.9 Å². The van der Waals surface area contributed by atoms with Crippen molar-refractivity contribution in [2.45, 2.75) is 44.9 Å². The third-order valence-electron chi connectivity index (χ3n) is 4.93. The number of nitrogens with one attached hydrogen (secondary N) is 1. The van der Waals surface area contributed by atoms with Gasteiger partial charge >= 0.3 is 0 Å². The molecule has 0 saturated heterocycles. The summed E-state index contributed by atoms with van der Waals surface area (Å²) in [7, 11) is 0. The number of aromatic nitrogens is 2. The Morgan fingerprint density at radius 1 is 1.22 bits per heavy atom. The highest BCUT2D eigenvalue weighted by Gasteiger charge is 2.17. The van der Waals surface area contributed by atoms with Crippen LogP contribution >= 0.6 is 11.6 Å². The first-order valence-corrected chi connectivity index (χ1v) is 9.68. The van der Waals surface area contributed by atoms with Gasteiger partial charge in [0, 0.05) is 35.5 Å². The van der Waals surface area contributed by atoms with Crippen LogP contribution in [0.5, 0.6) is 5.88 Å². The number of rotatable bonds is 6. The van der Waals surface area contributed by atoms with E-state index in [1.165, 1.54) is 12.8 Å². The third-order valence-corrected chi connectivity index (χ3v) is 5.16. The lowest BCUT2D eigenvalue weighted by Gasteiger charge is -2.13. The number of fused-ring (bicyclic) bond motifs is 1. The summed E-state index contributed by atoms with van der Waals surface area (Å²) in [6.07, 6.45) is 8.54. The number of ether oxygens (including phenoxy) is 1. The third kappa shape index (κ3) is 4.42. The van der Waals surface area contributed by atoms with Crippen LogP contribution in [-0.2, 0) is 17.9 Å². The van der Waals surface area contributed by atoms with Gasteiger partial charge < -0.3 is 14.6 Å². The number of halogens is 1. The van der Waals surface area contributed by atoms with Crippen LogP contribution in [0.2, 0.25) is 5.02 Å². The molecule has 1 aliphatic rings. The van der Waals surface area contributed by atoms with Crippen molar-refractivity contribution in [2.24, 2.45) is 0 Å². The van der Waals surface area contributed by atoms with Crippen molar-refractivity contribution >= 4 is 28.4 Å². The summed E-state index contributed by atoms with van der Waals surface area (Å²) < 4.78 is 7.83. The maximum absolute atomic E-state index is 12.4. The average Bonchev–Trinajstić information content (AvgIpc) is 3.31. The first-order valence-electron chi connectivity index (χ1n) is 9.30. The summed E-state index contributed by atoms with van der Waals surface area (Å²) in [5.41, 5.74) is 1.93. The molecule has 2 heterocycles. The number of hydrogen-bond donors (Lipinski definition) is 1. The SMILES string of the molecule is O=C(Cn1ccc2ccc(Cl)cc21)NCc1ccnc(OC2CCCC2)c1. The quantitative estimate of drug-likeness (QED) is 0.689. The number of carbonyl (C=O) groups excluding carboxylic acids is 1. The molecule has 0 spiro atoms. The normalized spacial score (nSPS) is 14.6. The van der Waals surface area contributed by atoms with Crippen LogP contribution in [0, 0.1) is 0 Å². The minimum atomic E-state index is -0.0532. The standard InChI is InChI=1S/C21H22ClN3O2/c22-17-6-5-16-8-10-25(19(16)12-17)14-20(26)24-13-15-7-9-23-21(11-15)27-18-3-1-2-4-18/h5-12,18H,1-4,13-14H2,(H,24,26). The highest BCUT2D eigenvalue weighted by atomic mass is 35.5. The van der Waals surface area contributed by atoms with E-state index in [0.29, 0.717) is 17.4 Å². The molecule has 0 aliphatic heterocycles. The van der Waals surface area contributed by atoms with Gasteiger partial charge in [0.15, 0.2) is 0 Å². The maximum atomic E-state index is 12.4. The Bertz CT molecular complexity index is 948. The van der Waals surface area contributed by atoms with Gasteiger partial charge in [-0.15, -0.1) is 0 Å². The summed E-state index contributed by atoms with van der Waals surface area (Å²) in [5.74, 6) is 0.585. The van der Waals surface area contributed by atoms with Crippen LogP contribution < -0.4 is 10.1 Å². The number of pyridine rings is 1. The molecular weight excluding hydrogens is 362 g/mol. The summed E-state index contributed by atoms with van der Waals surface area (Å²) >= 11 is 6.07. The Morgan fingerprint density at radius 2 is 2.07 bits per heavy atom. The van der Waals surface area contributed by atoms with E-state index in [-0.39, 0.29) is 18.6 Å². The van der Waals surface area contributed by atoms with Crippen LogP contribution in [0.15, 0.2) is 48.8 Å². The van der Waals surface area contributed by atoms with Crippen molar-refractivity contribution < 1.29 is 9.53 Å². The average molecular weight is 384 g/mol. The first-order chi connectivity index (χ1) is 13.2. The van der Waals surface area contributed by atoms with E-state index in [1.54, 1.807) is 6.20 Å². The van der Waals surface area contributed by atoms with Gasteiger partial charge in [0.2, 0.25) is 11.8 Å². The Morgan fingerprint density at radius 3 is 2.93 bits per heavy atom. The zero-order valence-corrected chi connectivity index (χ0v) is 15.8. The molecule has 1 amide bonds. The van der Waals surface area contributed by atoms with E-state index in [4.69, 9.17) is 16.3 Å². The number of benzene rings is 1. The number of amides is 1. The molecule has 0 unspecified atom stereocenters. The molecule has 140 valence electrons. The Hall–Kier alpha value is -2.53. The summed E-state index contributed by atoms with van der Waals surface area (Å²) in [4.78, 5) is 16.6. The summed E-state index contributed by atoms with van der Waals surface area (Å²) in [6.45, 7) is 0.697. The van der Waals surface area contributed by atoms with Gasteiger partial charge in [-0.05, 0) is 60.9 Å². The van der Waals surface area contributed by atoms with Crippen molar-refractivity contribution in [1.29, 1.82) is 0 Å². The second-order valence-electron chi connectivity index (χ2n) is 6.95. The number of hydrogen-bond acceptors (Lipinski definition) is 3. The number of carbonyl (C=O) groups is 1. The monoisotopic (exact) mass is 383 g/mol. The molecule has 1 aliphatic carbocycles. The Labute approximate surface area is 163 Å². The van der Waals surface area contributed by atoms with Crippen LogP contribution in [-0.4, -0.2) is 21.6 Å². The zero-order chi connectivity index (χ0) is 18.6. The lowest BCUT2D eigenvalue weighted by atomic mass is 10.2. The lowest BCUT2D eigenvalue weighted by Crippen LogP contribution is -2.26. The van der Waals surface area contributed by atoms with Gasteiger partial charge in [-0.3, -0.25) is 4.79 Å². The van der Waals surface area contributed by atoms with Crippen molar-refractivity contribution in [3.8, 4) is 5.88 Å². The largest absolute Gasteiger partial charge is 0.474 e. The lowest BCUT2D eigenvalue weighted by molar-refractivity contribution is -0.121. The molecule has 4 rings (SSSR count). The first kappa shape index (κ1) is 17.9. The fraction of sp³-hybridized carbons (Fsp3) is 0.333. The van der Waals surface area contributed by atoms with Gasteiger partial charge in [-0.25, -0.2) is 4.98 Å². The predicted octanol–water partition coefficient (Wildman–Crippen LogP) is 4.33. The minimum Gasteiger partial charge on any atom is -0.474 e. The van der Waals surface area contributed by atoms with Crippen molar-refractivity contribution in [3.05, 3.63) is 59.4 Å². The van der Waals surface area contributed by atoms with E-state index >= 15 is 0 Å². The van der Waals surface area contributed by atoms with Gasteiger partial charge in [0.05, 0.1) is 0 Å². The van der Waals surface area contributed by atoms with Gasteiger partial charge in [0.1, 0.15) is 12.6 Å². The van der Waals surface area contributed by atoms with E-state index < -0.39 is 0 Å². The molecule has 27 heavy (non-hydrogen) atoms. The number of nitrogens with zero attached hydrogens (tertiary/aromatic N) is 2. The highest BCUT2D eigenvalue weighted by Crippen LogP contribution is 2.23. The van der Waals surface area contributed by atoms with Crippen LogP contribution in [0.3, 0.4) is 0 Å². The molecule has 0 radical (unpaired) electrons. The molecule has 1 saturated carbocycles. The fourth-order valence-corrected chi connectivity index (χ4v) is 3.67. The van der Waals surface area contributed by atoms with Gasteiger partial charge in [-0.2, -0.15) is 0 Å². The van der Waals surface area contributed by atoms with Crippen LogP contribution in [0.25, 0.3) is 10.9 Å². The second kappa shape index (κ2) is 8.01. The molecule has 3 aromatic rings. The van der Waals surface area contributed by atoms with Gasteiger partial charge in [-0.1, -0.05) is 17.7 Å². The van der Waals surface area contributed by atoms with E-state index in [1.807, 2.05) is 47.2 Å². The second-order valence-corrected chi connectivity index (χ2v) is 7.39. The minimum absolute atomic E-state index is 0.0532.